The van der Waals surface area contributed by atoms with Crippen LogP contribution in [-0.4, -0.2) is 36.0 Å². The fourth-order valence-electron chi connectivity index (χ4n) is 4.01. The second-order valence-electron chi connectivity index (χ2n) is 7.58. The fraction of sp³-hybridized carbons (Fsp3) is 0.429. The van der Waals surface area contributed by atoms with Crippen molar-refractivity contribution in [3.05, 3.63) is 40.1 Å². The number of carbonyl (C=O) groups excluding carboxylic acids is 1. The maximum atomic E-state index is 12.3. The molecule has 0 fully saturated rings. The van der Waals surface area contributed by atoms with Crippen LogP contribution in [0.5, 0.6) is 5.75 Å². The Hall–Kier alpha value is -2.38. The summed E-state index contributed by atoms with van der Waals surface area (Å²) >= 11 is 1.55. The van der Waals surface area contributed by atoms with Crippen molar-refractivity contribution >= 4 is 33.3 Å². The van der Waals surface area contributed by atoms with Gasteiger partial charge in [-0.1, -0.05) is 0 Å². The number of hydrogen-bond acceptors (Lipinski definition) is 6. The van der Waals surface area contributed by atoms with Crippen LogP contribution < -0.4 is 10.1 Å². The number of nitrogens with one attached hydrogen (secondary N) is 1. The molecule has 1 aliphatic heterocycles. The fourth-order valence-corrected chi connectivity index (χ4v) is 5.12. The molecule has 2 aliphatic rings. The van der Waals surface area contributed by atoms with E-state index in [1.165, 1.54) is 23.3 Å². The van der Waals surface area contributed by atoms with Crippen molar-refractivity contribution in [3.63, 3.8) is 0 Å². The van der Waals surface area contributed by atoms with Gasteiger partial charge in [0.1, 0.15) is 17.1 Å². The van der Waals surface area contributed by atoms with Crippen molar-refractivity contribution in [2.45, 2.75) is 38.6 Å². The van der Waals surface area contributed by atoms with Gasteiger partial charge in [0, 0.05) is 41.8 Å². The maximum Gasteiger partial charge on any atom is 0.264 e. The first-order chi connectivity index (χ1) is 13.7. The normalized spacial score (nSPS) is 16.6. The molecule has 2 aromatic heterocycles. The van der Waals surface area contributed by atoms with Crippen LogP contribution in [0.3, 0.4) is 0 Å². The number of benzene rings is 1. The average Bonchev–Trinajstić information content (AvgIpc) is 3.26. The first-order valence-electron chi connectivity index (χ1n) is 9.80. The zero-order valence-electron chi connectivity index (χ0n) is 15.9. The highest BCUT2D eigenvalue weighted by molar-refractivity contribution is 7.15. The first-order valence-corrected chi connectivity index (χ1v) is 10.6. The predicted octanol–water partition coefficient (Wildman–Crippen LogP) is 3.77. The SMILES string of the molecule is CN1CCc2nc(NC(=O)COc3ccc4oc5c(c4c3)CCCC5)sc2C1. The quantitative estimate of drug-likeness (QED) is 0.726. The summed E-state index contributed by atoms with van der Waals surface area (Å²) in [4.78, 5) is 20.4. The lowest BCUT2D eigenvalue weighted by molar-refractivity contribution is -0.118. The zero-order valence-corrected chi connectivity index (χ0v) is 16.7. The number of nitrogens with zero attached hydrogens (tertiary/aromatic N) is 2. The van der Waals surface area contributed by atoms with Crippen molar-refractivity contribution in [1.29, 1.82) is 0 Å². The number of carbonyl (C=O) groups is 1. The summed E-state index contributed by atoms with van der Waals surface area (Å²) in [5.74, 6) is 1.61. The molecule has 0 spiro atoms. The lowest BCUT2D eigenvalue weighted by atomic mass is 9.96. The molecule has 1 amide bonds. The first kappa shape index (κ1) is 17.7. The number of ether oxygens (including phenoxy) is 1. The maximum absolute atomic E-state index is 12.3. The third-order valence-corrected chi connectivity index (χ3v) is 6.46. The minimum Gasteiger partial charge on any atom is -0.484 e. The Kier molecular flexibility index (Phi) is 4.56. The minimum atomic E-state index is -0.186. The molecule has 3 aromatic rings. The van der Waals surface area contributed by atoms with E-state index >= 15 is 0 Å². The molecule has 0 atom stereocenters. The smallest absolute Gasteiger partial charge is 0.264 e. The summed E-state index contributed by atoms with van der Waals surface area (Å²) in [7, 11) is 2.10. The highest BCUT2D eigenvalue weighted by Crippen LogP contribution is 2.34. The molecule has 146 valence electrons. The van der Waals surface area contributed by atoms with Crippen LogP contribution in [0.25, 0.3) is 11.0 Å². The van der Waals surface area contributed by atoms with E-state index in [9.17, 15) is 4.79 Å². The van der Waals surface area contributed by atoms with E-state index in [1.807, 2.05) is 18.2 Å². The van der Waals surface area contributed by atoms with Crippen LogP contribution in [0.1, 0.15) is 34.7 Å². The highest BCUT2D eigenvalue weighted by Gasteiger charge is 2.20. The number of likely N-dealkylation sites (N-methyl/N-ethyl adjacent to an activating group) is 1. The van der Waals surface area contributed by atoms with Crippen molar-refractivity contribution in [3.8, 4) is 5.75 Å². The van der Waals surface area contributed by atoms with Gasteiger partial charge in [-0.25, -0.2) is 4.98 Å². The van der Waals surface area contributed by atoms with Crippen LogP contribution in [0.2, 0.25) is 0 Å². The van der Waals surface area contributed by atoms with Gasteiger partial charge in [0.05, 0.1) is 5.69 Å². The van der Waals surface area contributed by atoms with Gasteiger partial charge >= 0.3 is 0 Å². The Balaban J connectivity index is 1.24. The lowest BCUT2D eigenvalue weighted by Gasteiger charge is -2.20. The van der Waals surface area contributed by atoms with Gasteiger partial charge in [-0.15, -0.1) is 11.3 Å². The number of anilines is 1. The van der Waals surface area contributed by atoms with Gasteiger partial charge in [0.25, 0.3) is 5.91 Å². The second kappa shape index (κ2) is 7.22. The molecular weight excluding hydrogens is 374 g/mol. The van der Waals surface area contributed by atoms with Crippen LogP contribution in [0.4, 0.5) is 5.13 Å². The molecule has 0 saturated heterocycles. The minimum absolute atomic E-state index is 0.0320. The van der Waals surface area contributed by atoms with Crippen molar-refractivity contribution in [2.75, 3.05) is 25.5 Å². The van der Waals surface area contributed by atoms with E-state index in [1.54, 1.807) is 11.3 Å². The number of hydrogen-bond donors (Lipinski definition) is 1. The van der Waals surface area contributed by atoms with E-state index in [-0.39, 0.29) is 12.5 Å². The molecule has 0 radical (unpaired) electrons. The summed E-state index contributed by atoms with van der Waals surface area (Å²) in [6.07, 6.45) is 5.38. The van der Waals surface area contributed by atoms with E-state index in [0.717, 1.165) is 54.8 Å². The standard InChI is InChI=1S/C21H23N3O3S/c1-24-9-8-16-19(11-24)28-21(22-16)23-20(25)12-26-13-6-7-18-15(10-13)14-4-2-3-5-17(14)27-18/h6-7,10H,2-5,8-9,11-12H2,1H3,(H,22,23,25). The third kappa shape index (κ3) is 3.40. The molecule has 1 aliphatic carbocycles. The molecule has 3 heterocycles. The van der Waals surface area contributed by atoms with Gasteiger partial charge in [0.2, 0.25) is 0 Å². The monoisotopic (exact) mass is 397 g/mol. The Bertz CT molecular complexity index is 1040. The van der Waals surface area contributed by atoms with Crippen molar-refractivity contribution < 1.29 is 13.9 Å². The van der Waals surface area contributed by atoms with Crippen molar-refractivity contribution in [2.24, 2.45) is 0 Å². The molecule has 1 aromatic carbocycles. The zero-order chi connectivity index (χ0) is 19.1. The van der Waals surface area contributed by atoms with Crippen LogP contribution in [0.15, 0.2) is 22.6 Å². The topological polar surface area (TPSA) is 67.6 Å². The Morgan fingerprint density at radius 3 is 3.14 bits per heavy atom. The second-order valence-corrected chi connectivity index (χ2v) is 8.67. The molecule has 7 heteroatoms. The number of furan rings is 1. The number of rotatable bonds is 4. The number of amides is 1. The van der Waals surface area contributed by atoms with Crippen molar-refractivity contribution in [1.82, 2.24) is 9.88 Å². The highest BCUT2D eigenvalue weighted by atomic mass is 32.1. The summed E-state index contributed by atoms with van der Waals surface area (Å²) in [6, 6.07) is 5.79. The van der Waals surface area contributed by atoms with E-state index in [2.05, 4.69) is 22.2 Å². The number of aryl methyl sites for hydroxylation is 2. The lowest BCUT2D eigenvalue weighted by Crippen LogP contribution is -2.25. The van der Waals surface area contributed by atoms with Crippen LogP contribution in [-0.2, 0) is 30.6 Å². The number of fused-ring (bicyclic) bond motifs is 4. The largest absolute Gasteiger partial charge is 0.484 e. The van der Waals surface area contributed by atoms with Gasteiger partial charge in [-0.3, -0.25) is 10.1 Å². The van der Waals surface area contributed by atoms with Gasteiger partial charge in [-0.2, -0.15) is 0 Å². The Morgan fingerprint density at radius 1 is 1.32 bits per heavy atom. The molecule has 0 saturated carbocycles. The molecule has 5 rings (SSSR count). The van der Waals surface area contributed by atoms with E-state index in [0.29, 0.717) is 10.9 Å². The molecule has 0 bridgehead atoms. The summed E-state index contributed by atoms with van der Waals surface area (Å²) in [5.41, 5.74) is 3.31. The summed E-state index contributed by atoms with van der Waals surface area (Å²) < 4.78 is 11.7. The number of thiazole rings is 1. The van der Waals surface area contributed by atoms with Gasteiger partial charge in [-0.05, 0) is 44.5 Å². The molecule has 28 heavy (non-hydrogen) atoms. The van der Waals surface area contributed by atoms with Crippen LogP contribution >= 0.6 is 11.3 Å². The third-order valence-electron chi connectivity index (χ3n) is 5.46. The van der Waals surface area contributed by atoms with E-state index in [4.69, 9.17) is 9.15 Å². The van der Waals surface area contributed by atoms with Crippen LogP contribution in [0, 0.1) is 0 Å². The summed E-state index contributed by atoms with van der Waals surface area (Å²) in [5, 5.41) is 4.65. The number of aromatic nitrogens is 1. The van der Waals surface area contributed by atoms with E-state index < -0.39 is 0 Å². The van der Waals surface area contributed by atoms with Gasteiger partial charge in [0.15, 0.2) is 11.7 Å². The summed E-state index contributed by atoms with van der Waals surface area (Å²) in [6.45, 7) is 1.87. The van der Waals surface area contributed by atoms with Gasteiger partial charge < -0.3 is 14.1 Å². The Morgan fingerprint density at radius 2 is 2.21 bits per heavy atom. The average molecular weight is 398 g/mol. The predicted molar refractivity (Wildman–Crippen MR) is 109 cm³/mol. The molecular formula is C21H23N3O3S. The molecule has 0 unspecified atom stereocenters. The Labute approximate surface area is 167 Å². The molecule has 6 nitrogen and oxygen atoms in total. The molecule has 1 N–H and O–H groups in total.